The van der Waals surface area contributed by atoms with Crippen LogP contribution in [0.1, 0.15) is 50.0 Å². The summed E-state index contributed by atoms with van der Waals surface area (Å²) in [5, 5.41) is 11.5. The number of carbonyl (C=O) groups excluding carboxylic acids is 1. The van der Waals surface area contributed by atoms with Crippen LogP contribution in [-0.2, 0) is 4.79 Å². The molecule has 5 nitrogen and oxygen atoms in total. The first-order valence-corrected chi connectivity index (χ1v) is 6.58. The number of nitrogens with one attached hydrogen (secondary N) is 1. The average molecular weight is 264 g/mol. The lowest BCUT2D eigenvalue weighted by Gasteiger charge is -2.15. The van der Waals surface area contributed by atoms with Crippen LogP contribution in [0.3, 0.4) is 0 Å². The number of carboxylic acids is 1. The van der Waals surface area contributed by atoms with Crippen LogP contribution in [0.2, 0.25) is 0 Å². The zero-order valence-electron chi connectivity index (χ0n) is 11.3. The lowest BCUT2D eigenvalue weighted by molar-refractivity contribution is -0.120. The molecule has 0 bridgehead atoms. The zero-order chi connectivity index (χ0) is 14.3. The molecule has 0 aromatic carbocycles. The van der Waals surface area contributed by atoms with Gasteiger partial charge in [0.2, 0.25) is 5.91 Å². The van der Waals surface area contributed by atoms with E-state index in [2.05, 4.69) is 24.1 Å². The van der Waals surface area contributed by atoms with Gasteiger partial charge in [-0.15, -0.1) is 0 Å². The van der Waals surface area contributed by atoms with E-state index in [1.165, 1.54) is 12.3 Å². The Morgan fingerprint density at radius 1 is 1.26 bits per heavy atom. The fourth-order valence-electron chi connectivity index (χ4n) is 1.94. The van der Waals surface area contributed by atoms with Crippen molar-refractivity contribution in [3.63, 3.8) is 0 Å². The molecule has 1 amide bonds. The van der Waals surface area contributed by atoms with Gasteiger partial charge in [-0.25, -0.2) is 9.78 Å². The molecule has 1 rings (SSSR count). The molecule has 2 N–H and O–H groups in total. The molecule has 1 aromatic heterocycles. The second kappa shape index (κ2) is 7.51. The number of carboxylic acid groups (broad SMARTS) is 1. The molecule has 0 saturated heterocycles. The zero-order valence-corrected chi connectivity index (χ0v) is 11.3. The molecule has 0 aliphatic carbocycles. The number of aromatic carboxylic acids is 1. The van der Waals surface area contributed by atoms with Crippen LogP contribution in [0.4, 0.5) is 5.69 Å². The number of rotatable bonds is 7. The van der Waals surface area contributed by atoms with Gasteiger partial charge in [-0.2, -0.15) is 0 Å². The van der Waals surface area contributed by atoms with Crippen molar-refractivity contribution in [3.05, 3.63) is 24.0 Å². The maximum absolute atomic E-state index is 12.1. The first-order chi connectivity index (χ1) is 9.08. The first kappa shape index (κ1) is 15.1. The maximum Gasteiger partial charge on any atom is 0.354 e. The number of pyridine rings is 1. The van der Waals surface area contributed by atoms with Crippen LogP contribution in [0.5, 0.6) is 0 Å². The molecule has 0 saturated carbocycles. The van der Waals surface area contributed by atoms with Crippen LogP contribution >= 0.6 is 0 Å². The quantitative estimate of drug-likeness (QED) is 0.793. The van der Waals surface area contributed by atoms with Crippen molar-refractivity contribution in [1.82, 2.24) is 4.98 Å². The number of hydrogen-bond donors (Lipinski definition) is 2. The predicted molar refractivity (Wildman–Crippen MR) is 73.1 cm³/mol. The van der Waals surface area contributed by atoms with Crippen molar-refractivity contribution in [3.8, 4) is 0 Å². The molecule has 0 aliphatic rings. The Morgan fingerprint density at radius 3 is 2.32 bits per heavy atom. The predicted octanol–water partition coefficient (Wildman–Crippen LogP) is 2.93. The Hall–Kier alpha value is -1.91. The molecule has 0 aliphatic heterocycles. The van der Waals surface area contributed by atoms with Crippen molar-refractivity contribution in [1.29, 1.82) is 0 Å². The second-order valence-electron chi connectivity index (χ2n) is 4.50. The van der Waals surface area contributed by atoms with E-state index in [1.54, 1.807) is 6.07 Å². The normalized spacial score (nSPS) is 10.5. The summed E-state index contributed by atoms with van der Waals surface area (Å²) < 4.78 is 0. The van der Waals surface area contributed by atoms with Crippen molar-refractivity contribution in [2.75, 3.05) is 5.32 Å². The topological polar surface area (TPSA) is 79.3 Å². The Bertz CT molecular complexity index is 423. The number of nitrogens with zero attached hydrogens (tertiary/aromatic N) is 1. The van der Waals surface area contributed by atoms with Crippen LogP contribution in [0.25, 0.3) is 0 Å². The lowest BCUT2D eigenvalue weighted by Crippen LogP contribution is -2.22. The van der Waals surface area contributed by atoms with Gasteiger partial charge in [0, 0.05) is 5.92 Å². The van der Waals surface area contributed by atoms with E-state index in [9.17, 15) is 9.59 Å². The summed E-state index contributed by atoms with van der Waals surface area (Å²) in [4.78, 5) is 26.5. The molecule has 0 fully saturated rings. The standard InChI is InChI=1S/C14H20N2O3/c1-3-5-10(6-4-2)13(17)16-11-7-8-12(14(18)19)15-9-11/h7-10H,3-6H2,1-2H3,(H,16,17)(H,18,19). The van der Waals surface area contributed by atoms with Crippen molar-refractivity contribution in [2.45, 2.75) is 39.5 Å². The lowest BCUT2D eigenvalue weighted by atomic mass is 9.97. The van der Waals surface area contributed by atoms with Crippen LogP contribution in [0, 0.1) is 5.92 Å². The van der Waals surface area contributed by atoms with Crippen molar-refractivity contribution < 1.29 is 14.7 Å². The molecular formula is C14H20N2O3. The largest absolute Gasteiger partial charge is 0.477 e. The first-order valence-electron chi connectivity index (χ1n) is 6.58. The molecule has 0 unspecified atom stereocenters. The molecule has 5 heteroatoms. The monoisotopic (exact) mass is 264 g/mol. The third-order valence-corrected chi connectivity index (χ3v) is 2.90. The summed E-state index contributed by atoms with van der Waals surface area (Å²) in [5.74, 6) is -1.09. The minimum absolute atomic E-state index is 0.00847. The molecule has 0 atom stereocenters. The van der Waals surface area contributed by atoms with E-state index < -0.39 is 5.97 Å². The molecule has 1 aromatic rings. The number of anilines is 1. The van der Waals surface area contributed by atoms with Gasteiger partial charge in [0.25, 0.3) is 0 Å². The third kappa shape index (κ3) is 4.69. The highest BCUT2D eigenvalue weighted by Gasteiger charge is 2.16. The SMILES string of the molecule is CCCC(CCC)C(=O)Nc1ccc(C(=O)O)nc1. The summed E-state index contributed by atoms with van der Waals surface area (Å²) in [6, 6.07) is 2.94. The Morgan fingerprint density at radius 2 is 1.89 bits per heavy atom. The summed E-state index contributed by atoms with van der Waals surface area (Å²) in [6.45, 7) is 4.11. The average Bonchev–Trinajstić information content (AvgIpc) is 2.39. The van der Waals surface area contributed by atoms with Crippen LogP contribution in [0.15, 0.2) is 18.3 Å². The van der Waals surface area contributed by atoms with Gasteiger partial charge in [-0.3, -0.25) is 4.79 Å². The van der Waals surface area contributed by atoms with Gasteiger partial charge in [-0.05, 0) is 25.0 Å². The molecule has 1 heterocycles. The van der Waals surface area contributed by atoms with Gasteiger partial charge in [0.15, 0.2) is 0 Å². The fraction of sp³-hybridized carbons (Fsp3) is 0.500. The highest BCUT2D eigenvalue weighted by atomic mass is 16.4. The molecular weight excluding hydrogens is 244 g/mol. The van der Waals surface area contributed by atoms with E-state index in [4.69, 9.17) is 5.11 Å². The third-order valence-electron chi connectivity index (χ3n) is 2.90. The smallest absolute Gasteiger partial charge is 0.354 e. The Balaban J connectivity index is 2.66. The van der Waals surface area contributed by atoms with Gasteiger partial charge < -0.3 is 10.4 Å². The Kier molecular flexibility index (Phi) is 5.99. The van der Waals surface area contributed by atoms with Gasteiger partial charge >= 0.3 is 5.97 Å². The Labute approximate surface area is 113 Å². The summed E-state index contributed by atoms with van der Waals surface area (Å²) >= 11 is 0. The van der Waals surface area contributed by atoms with E-state index in [0.29, 0.717) is 5.69 Å². The minimum Gasteiger partial charge on any atom is -0.477 e. The summed E-state index contributed by atoms with van der Waals surface area (Å²) in [5.41, 5.74) is 0.504. The van der Waals surface area contributed by atoms with Crippen LogP contribution in [-0.4, -0.2) is 22.0 Å². The number of amides is 1. The second-order valence-corrected chi connectivity index (χ2v) is 4.50. The molecule has 0 radical (unpaired) electrons. The maximum atomic E-state index is 12.1. The highest BCUT2D eigenvalue weighted by Crippen LogP contribution is 2.16. The summed E-state index contributed by atoms with van der Waals surface area (Å²) in [6.07, 6.45) is 5.03. The molecule has 104 valence electrons. The van der Waals surface area contributed by atoms with Crippen molar-refractivity contribution in [2.24, 2.45) is 5.92 Å². The van der Waals surface area contributed by atoms with E-state index >= 15 is 0 Å². The van der Waals surface area contributed by atoms with Crippen LogP contribution < -0.4 is 5.32 Å². The van der Waals surface area contributed by atoms with Crippen molar-refractivity contribution >= 4 is 17.6 Å². The van der Waals surface area contributed by atoms with Gasteiger partial charge in [-0.1, -0.05) is 26.7 Å². The summed E-state index contributed by atoms with van der Waals surface area (Å²) in [7, 11) is 0. The van der Waals surface area contributed by atoms with Gasteiger partial charge in [0.1, 0.15) is 5.69 Å². The fourth-order valence-corrected chi connectivity index (χ4v) is 1.94. The molecule has 0 spiro atoms. The van der Waals surface area contributed by atoms with E-state index in [0.717, 1.165) is 25.7 Å². The van der Waals surface area contributed by atoms with E-state index in [-0.39, 0.29) is 17.5 Å². The number of hydrogen-bond acceptors (Lipinski definition) is 3. The number of carbonyl (C=O) groups is 2. The van der Waals surface area contributed by atoms with E-state index in [1.807, 2.05) is 0 Å². The number of aromatic nitrogens is 1. The van der Waals surface area contributed by atoms with Gasteiger partial charge in [0.05, 0.1) is 11.9 Å². The highest BCUT2D eigenvalue weighted by molar-refractivity contribution is 5.93. The minimum atomic E-state index is -1.08. The molecule has 19 heavy (non-hydrogen) atoms.